The smallest absolute Gasteiger partial charge is 0.249 e. The summed E-state index contributed by atoms with van der Waals surface area (Å²) in [6.45, 7) is 1.40. The van der Waals surface area contributed by atoms with E-state index in [0.717, 1.165) is 32.4 Å². The number of hydrogen-bond acceptors (Lipinski definition) is 5. The number of hydrogen-bond donors (Lipinski definition) is 3. The zero-order valence-corrected chi connectivity index (χ0v) is 16.8. The largest absolute Gasteiger partial charge is 0.497 e. The molecule has 0 aliphatic carbocycles. The summed E-state index contributed by atoms with van der Waals surface area (Å²) >= 11 is 1.36. The highest BCUT2D eigenvalue weighted by atomic mass is 32.1. The van der Waals surface area contributed by atoms with Gasteiger partial charge in [0.25, 0.3) is 0 Å². The Balaban J connectivity index is 1.56. The van der Waals surface area contributed by atoms with Crippen LogP contribution in [-0.2, 0) is 16.0 Å². The van der Waals surface area contributed by atoms with Crippen molar-refractivity contribution < 1.29 is 14.3 Å². The molecule has 2 aromatic heterocycles. The van der Waals surface area contributed by atoms with Crippen molar-refractivity contribution in [1.82, 2.24) is 15.3 Å². The summed E-state index contributed by atoms with van der Waals surface area (Å²) < 4.78 is 6.14. The standard InChI is InChI=1S/C21H20N4O3S/c1-12(26)23-18(9-13-11-22-16-6-4-3-5-15(13)16)20(27)25-21-24-17-8-7-14(28-2)10-19(17)29-21/h3-8,10-11,18,22H,9H2,1-2H3,(H,23,26)(H,24,25,27)/t18-/m1/s1. The van der Waals surface area contributed by atoms with Gasteiger partial charge in [0.2, 0.25) is 11.8 Å². The number of nitrogens with zero attached hydrogens (tertiary/aromatic N) is 1. The number of carbonyl (C=O) groups excluding carboxylic acids is 2. The third-order valence-electron chi connectivity index (χ3n) is 4.62. The van der Waals surface area contributed by atoms with Crippen molar-refractivity contribution >= 4 is 49.4 Å². The van der Waals surface area contributed by atoms with E-state index in [-0.39, 0.29) is 11.8 Å². The number of rotatable bonds is 6. The van der Waals surface area contributed by atoms with Crippen LogP contribution in [0.2, 0.25) is 0 Å². The Morgan fingerprint density at radius 2 is 2.07 bits per heavy atom. The van der Waals surface area contributed by atoms with Crippen LogP contribution >= 0.6 is 11.3 Å². The summed E-state index contributed by atoms with van der Waals surface area (Å²) in [4.78, 5) is 32.3. The van der Waals surface area contributed by atoms with Gasteiger partial charge >= 0.3 is 0 Å². The molecule has 7 nitrogen and oxygen atoms in total. The van der Waals surface area contributed by atoms with Crippen LogP contribution in [0.15, 0.2) is 48.7 Å². The minimum absolute atomic E-state index is 0.265. The SMILES string of the molecule is COc1ccc2nc(NC(=O)[C@@H](Cc3c[nH]c4ccccc34)NC(C)=O)sc2c1. The summed E-state index contributed by atoms with van der Waals surface area (Å²) in [6, 6.07) is 12.7. The number of benzene rings is 2. The number of methoxy groups -OCH3 is 1. The Bertz CT molecular complexity index is 1200. The molecule has 0 saturated carbocycles. The van der Waals surface area contributed by atoms with Gasteiger partial charge in [0.1, 0.15) is 11.8 Å². The van der Waals surface area contributed by atoms with Gasteiger partial charge in [-0.25, -0.2) is 4.98 Å². The maximum absolute atomic E-state index is 12.9. The number of ether oxygens (including phenoxy) is 1. The Labute approximate surface area is 171 Å². The van der Waals surface area contributed by atoms with Crippen LogP contribution in [0.25, 0.3) is 21.1 Å². The number of H-pyrrole nitrogens is 1. The van der Waals surface area contributed by atoms with Crippen molar-refractivity contribution in [3.63, 3.8) is 0 Å². The molecule has 2 amide bonds. The van der Waals surface area contributed by atoms with Gasteiger partial charge in [0, 0.05) is 30.4 Å². The number of para-hydroxylation sites is 1. The molecule has 0 radical (unpaired) electrons. The molecule has 0 spiro atoms. The van der Waals surface area contributed by atoms with Crippen molar-refractivity contribution in [2.75, 3.05) is 12.4 Å². The number of aromatic nitrogens is 2. The first-order valence-corrected chi connectivity index (χ1v) is 9.92. The van der Waals surface area contributed by atoms with Crippen LogP contribution in [0, 0.1) is 0 Å². The Hall–Kier alpha value is -3.39. The molecule has 0 bridgehead atoms. The molecular weight excluding hydrogens is 388 g/mol. The van der Waals surface area contributed by atoms with E-state index in [4.69, 9.17) is 4.74 Å². The first-order valence-electron chi connectivity index (χ1n) is 9.11. The minimum Gasteiger partial charge on any atom is -0.497 e. The van der Waals surface area contributed by atoms with E-state index in [1.807, 2.05) is 48.7 Å². The molecule has 0 aliphatic heterocycles. The molecule has 29 heavy (non-hydrogen) atoms. The Kier molecular flexibility index (Phi) is 5.18. The highest BCUT2D eigenvalue weighted by molar-refractivity contribution is 7.22. The number of anilines is 1. The molecule has 0 saturated heterocycles. The quantitative estimate of drug-likeness (QED) is 0.455. The lowest BCUT2D eigenvalue weighted by Gasteiger charge is -2.16. The predicted molar refractivity (Wildman–Crippen MR) is 114 cm³/mol. The molecule has 2 heterocycles. The van der Waals surface area contributed by atoms with Gasteiger partial charge in [-0.2, -0.15) is 0 Å². The number of amides is 2. The first-order chi connectivity index (χ1) is 14.0. The van der Waals surface area contributed by atoms with Crippen LogP contribution in [0.3, 0.4) is 0 Å². The summed E-state index contributed by atoms with van der Waals surface area (Å²) in [5.41, 5.74) is 2.73. The second-order valence-corrected chi connectivity index (χ2v) is 7.69. The second-order valence-electron chi connectivity index (χ2n) is 6.66. The van der Waals surface area contributed by atoms with Crippen LogP contribution in [-0.4, -0.2) is 34.9 Å². The molecule has 4 rings (SSSR count). The van der Waals surface area contributed by atoms with Gasteiger partial charge in [0.15, 0.2) is 5.13 Å². The van der Waals surface area contributed by atoms with Gasteiger partial charge < -0.3 is 20.4 Å². The Morgan fingerprint density at radius 3 is 2.86 bits per heavy atom. The van der Waals surface area contributed by atoms with Crippen LogP contribution in [0.4, 0.5) is 5.13 Å². The average Bonchev–Trinajstić information content (AvgIpc) is 3.30. The molecule has 0 aliphatic rings. The number of thiazole rings is 1. The highest BCUT2D eigenvalue weighted by Gasteiger charge is 2.22. The van der Waals surface area contributed by atoms with Crippen molar-refractivity contribution in [3.05, 3.63) is 54.2 Å². The fraction of sp³-hybridized carbons (Fsp3) is 0.190. The van der Waals surface area contributed by atoms with E-state index in [9.17, 15) is 9.59 Å². The fourth-order valence-corrected chi connectivity index (χ4v) is 4.15. The fourth-order valence-electron chi connectivity index (χ4n) is 3.25. The first kappa shape index (κ1) is 18.9. The van der Waals surface area contributed by atoms with Crippen LogP contribution in [0.1, 0.15) is 12.5 Å². The highest BCUT2D eigenvalue weighted by Crippen LogP contribution is 2.29. The lowest BCUT2D eigenvalue weighted by atomic mass is 10.0. The number of carbonyl (C=O) groups is 2. The zero-order valence-electron chi connectivity index (χ0n) is 16.0. The topological polar surface area (TPSA) is 96.1 Å². The average molecular weight is 408 g/mol. The zero-order chi connectivity index (χ0) is 20.4. The van der Waals surface area contributed by atoms with Crippen molar-refractivity contribution in [1.29, 1.82) is 0 Å². The normalized spacial score (nSPS) is 12.1. The molecular formula is C21H20N4O3S. The molecule has 1 atom stereocenters. The van der Waals surface area contributed by atoms with Crippen LogP contribution < -0.4 is 15.4 Å². The summed E-state index contributed by atoms with van der Waals surface area (Å²) in [5, 5.41) is 7.09. The van der Waals surface area contributed by atoms with Gasteiger partial charge in [-0.15, -0.1) is 0 Å². The van der Waals surface area contributed by atoms with E-state index < -0.39 is 6.04 Å². The Morgan fingerprint density at radius 1 is 1.24 bits per heavy atom. The lowest BCUT2D eigenvalue weighted by Crippen LogP contribution is -2.44. The second kappa shape index (κ2) is 7.92. The molecule has 3 N–H and O–H groups in total. The van der Waals surface area contributed by atoms with Gasteiger partial charge in [-0.3, -0.25) is 9.59 Å². The molecule has 0 fully saturated rings. The maximum Gasteiger partial charge on any atom is 0.249 e. The predicted octanol–water partition coefficient (Wildman–Crippen LogP) is 3.47. The van der Waals surface area contributed by atoms with Crippen LogP contribution in [0.5, 0.6) is 5.75 Å². The van der Waals surface area contributed by atoms with E-state index >= 15 is 0 Å². The van der Waals surface area contributed by atoms with E-state index in [1.165, 1.54) is 18.3 Å². The monoisotopic (exact) mass is 408 g/mol. The van der Waals surface area contributed by atoms with Gasteiger partial charge in [-0.05, 0) is 29.8 Å². The summed E-state index contributed by atoms with van der Waals surface area (Å²) in [6.07, 6.45) is 2.24. The molecule has 148 valence electrons. The minimum atomic E-state index is -0.715. The third kappa shape index (κ3) is 4.07. The number of nitrogens with one attached hydrogen (secondary N) is 3. The third-order valence-corrected chi connectivity index (χ3v) is 5.55. The molecule has 4 aromatic rings. The maximum atomic E-state index is 12.9. The van der Waals surface area contributed by atoms with E-state index in [0.29, 0.717) is 11.6 Å². The molecule has 2 aromatic carbocycles. The number of fused-ring (bicyclic) bond motifs is 2. The van der Waals surface area contributed by atoms with E-state index in [2.05, 4.69) is 20.6 Å². The van der Waals surface area contributed by atoms with Crippen molar-refractivity contribution in [3.8, 4) is 5.75 Å². The van der Waals surface area contributed by atoms with E-state index in [1.54, 1.807) is 7.11 Å². The summed E-state index contributed by atoms with van der Waals surface area (Å²) in [7, 11) is 1.60. The lowest BCUT2D eigenvalue weighted by molar-refractivity contribution is -0.125. The summed E-state index contributed by atoms with van der Waals surface area (Å²) in [5.74, 6) is 0.157. The molecule has 8 heteroatoms. The van der Waals surface area contributed by atoms with Gasteiger partial charge in [0.05, 0.1) is 17.3 Å². The van der Waals surface area contributed by atoms with Crippen molar-refractivity contribution in [2.45, 2.75) is 19.4 Å². The van der Waals surface area contributed by atoms with Gasteiger partial charge in [-0.1, -0.05) is 29.5 Å². The molecule has 0 unspecified atom stereocenters. The number of aromatic amines is 1. The van der Waals surface area contributed by atoms with Crippen molar-refractivity contribution in [2.24, 2.45) is 0 Å².